The number of piperidine rings is 1. The largest absolute Gasteiger partial charge is 0.304 e. The molecule has 0 N–H and O–H groups in total. The van der Waals surface area contributed by atoms with Gasteiger partial charge in [0, 0.05) is 6.42 Å². The summed E-state index contributed by atoms with van der Waals surface area (Å²) in [6.45, 7) is 5.74. The Kier molecular flexibility index (Phi) is 3.83. The quantitative estimate of drug-likeness (QED) is 0.801. The van der Waals surface area contributed by atoms with Crippen LogP contribution in [0.5, 0.6) is 0 Å². The van der Waals surface area contributed by atoms with Gasteiger partial charge in [0.05, 0.1) is 17.4 Å². The maximum atomic E-state index is 11.2. The highest BCUT2D eigenvalue weighted by molar-refractivity contribution is 5.74. The molecule has 1 aliphatic rings. The molecule has 0 atom stereocenters. The van der Waals surface area contributed by atoms with Gasteiger partial charge in [-0.05, 0) is 50.5 Å². The second-order valence-corrected chi connectivity index (χ2v) is 5.58. The van der Waals surface area contributed by atoms with Crippen LogP contribution in [0.1, 0.15) is 36.1 Å². The Hall–Kier alpha value is -1.68. The lowest BCUT2D eigenvalue weighted by atomic mass is 9.93. The van der Waals surface area contributed by atoms with E-state index in [0.29, 0.717) is 11.6 Å². The Balaban J connectivity index is 1.80. The number of fused-ring (bicyclic) bond motifs is 1. The van der Waals surface area contributed by atoms with Crippen molar-refractivity contribution in [1.82, 2.24) is 14.3 Å². The predicted molar refractivity (Wildman–Crippen MR) is 79.1 cm³/mol. The van der Waals surface area contributed by atoms with E-state index < -0.39 is 0 Å². The van der Waals surface area contributed by atoms with E-state index in [1.54, 1.807) is 0 Å². The van der Waals surface area contributed by atoms with Crippen LogP contribution < -0.4 is 0 Å². The summed E-state index contributed by atoms with van der Waals surface area (Å²) in [5, 5.41) is 0. The highest BCUT2D eigenvalue weighted by Gasteiger charge is 2.20. The zero-order valence-corrected chi connectivity index (χ0v) is 12.0. The van der Waals surface area contributed by atoms with E-state index in [2.05, 4.69) is 16.8 Å². The lowest BCUT2D eigenvalue weighted by Crippen LogP contribution is -2.34. The molecule has 0 bridgehead atoms. The molecular weight excluding hydrogens is 250 g/mol. The van der Waals surface area contributed by atoms with Crippen molar-refractivity contribution in [2.75, 3.05) is 19.6 Å². The Morgan fingerprint density at radius 2 is 2.15 bits per heavy atom. The zero-order valence-electron chi connectivity index (χ0n) is 12.0. The predicted octanol–water partition coefficient (Wildman–Crippen LogP) is 2.42. The third-order valence-corrected chi connectivity index (χ3v) is 4.40. The average Bonchev–Trinajstić information content (AvgIpc) is 2.91. The number of aromatic nitrogens is 2. The van der Waals surface area contributed by atoms with Crippen molar-refractivity contribution in [2.45, 2.75) is 26.2 Å². The molecule has 2 aromatic heterocycles. The third-order valence-electron chi connectivity index (χ3n) is 4.40. The Morgan fingerprint density at radius 3 is 2.85 bits per heavy atom. The van der Waals surface area contributed by atoms with Crippen molar-refractivity contribution >= 4 is 11.8 Å². The molecule has 2 aromatic rings. The van der Waals surface area contributed by atoms with Crippen LogP contribution in [-0.4, -0.2) is 40.2 Å². The van der Waals surface area contributed by atoms with Gasteiger partial charge in [0.15, 0.2) is 6.29 Å². The van der Waals surface area contributed by atoms with Crippen LogP contribution in [0.15, 0.2) is 24.4 Å². The molecule has 0 radical (unpaired) electrons. The van der Waals surface area contributed by atoms with Gasteiger partial charge >= 0.3 is 0 Å². The molecule has 106 valence electrons. The molecule has 0 amide bonds. The Bertz CT molecular complexity index is 597. The van der Waals surface area contributed by atoms with Crippen LogP contribution in [0.3, 0.4) is 0 Å². The van der Waals surface area contributed by atoms with Crippen molar-refractivity contribution in [3.8, 4) is 0 Å². The molecule has 3 rings (SSSR count). The lowest BCUT2D eigenvalue weighted by molar-refractivity contribution is 0.111. The van der Waals surface area contributed by atoms with Gasteiger partial charge in [-0.1, -0.05) is 13.0 Å². The number of carbonyl (C=O) groups excluding carboxylic acids is 1. The maximum absolute atomic E-state index is 11.2. The van der Waals surface area contributed by atoms with Crippen molar-refractivity contribution in [1.29, 1.82) is 0 Å². The number of hydrogen-bond acceptors (Lipinski definition) is 3. The molecule has 4 nitrogen and oxygen atoms in total. The SMILES string of the molecule is CCN1CCC(Cc2ncc3cccc(C=O)n23)CC1. The van der Waals surface area contributed by atoms with Crippen LogP contribution in [-0.2, 0) is 6.42 Å². The Morgan fingerprint density at radius 1 is 1.35 bits per heavy atom. The highest BCUT2D eigenvalue weighted by Crippen LogP contribution is 2.22. The Labute approximate surface area is 119 Å². The smallest absolute Gasteiger partial charge is 0.166 e. The van der Waals surface area contributed by atoms with Gasteiger partial charge in [-0.3, -0.25) is 9.20 Å². The topological polar surface area (TPSA) is 37.6 Å². The van der Waals surface area contributed by atoms with Crippen molar-refractivity contribution in [2.24, 2.45) is 5.92 Å². The molecule has 3 heterocycles. The minimum Gasteiger partial charge on any atom is -0.304 e. The zero-order chi connectivity index (χ0) is 13.9. The summed E-state index contributed by atoms with van der Waals surface area (Å²) in [6.07, 6.45) is 6.20. The fraction of sp³-hybridized carbons (Fsp3) is 0.500. The number of rotatable bonds is 4. The normalized spacial score (nSPS) is 17.6. The van der Waals surface area contributed by atoms with Crippen molar-refractivity contribution in [3.63, 3.8) is 0 Å². The van der Waals surface area contributed by atoms with E-state index in [1.165, 1.54) is 25.9 Å². The maximum Gasteiger partial charge on any atom is 0.166 e. The summed E-state index contributed by atoms with van der Waals surface area (Å²) < 4.78 is 2.00. The average molecular weight is 271 g/mol. The van der Waals surface area contributed by atoms with Crippen molar-refractivity contribution < 1.29 is 4.79 Å². The van der Waals surface area contributed by atoms with Crippen molar-refractivity contribution in [3.05, 3.63) is 35.9 Å². The summed E-state index contributed by atoms with van der Waals surface area (Å²) in [5.74, 6) is 1.71. The second-order valence-electron chi connectivity index (χ2n) is 5.58. The number of imidazole rings is 1. The summed E-state index contributed by atoms with van der Waals surface area (Å²) in [7, 11) is 0. The number of likely N-dealkylation sites (tertiary alicyclic amines) is 1. The van der Waals surface area contributed by atoms with Gasteiger partial charge in [0.2, 0.25) is 0 Å². The number of nitrogens with zero attached hydrogens (tertiary/aromatic N) is 3. The molecular formula is C16H21N3O. The summed E-state index contributed by atoms with van der Waals surface area (Å²) in [6, 6.07) is 5.76. The van der Waals surface area contributed by atoms with E-state index in [4.69, 9.17) is 0 Å². The number of aldehydes is 1. The van der Waals surface area contributed by atoms with Crippen LogP contribution in [0, 0.1) is 5.92 Å². The molecule has 0 saturated carbocycles. The molecule has 1 saturated heterocycles. The fourth-order valence-electron chi connectivity index (χ4n) is 3.14. The standard InChI is InChI=1S/C16H21N3O/c1-2-18-8-6-13(7-9-18)10-16-17-11-14-4-3-5-15(12-20)19(14)16/h3-5,11-13H,2,6-10H2,1H3. The lowest BCUT2D eigenvalue weighted by Gasteiger charge is -2.30. The molecule has 1 aliphatic heterocycles. The van der Waals surface area contributed by atoms with Crippen LogP contribution >= 0.6 is 0 Å². The van der Waals surface area contributed by atoms with E-state index in [-0.39, 0.29) is 0 Å². The van der Waals surface area contributed by atoms with Crippen LogP contribution in [0.2, 0.25) is 0 Å². The van der Waals surface area contributed by atoms with Gasteiger partial charge < -0.3 is 4.90 Å². The molecule has 0 unspecified atom stereocenters. The number of hydrogen-bond donors (Lipinski definition) is 0. The minimum atomic E-state index is 0.683. The first kappa shape index (κ1) is 13.3. The summed E-state index contributed by atoms with van der Waals surface area (Å²) in [4.78, 5) is 18.2. The van der Waals surface area contributed by atoms with Crippen LogP contribution in [0.25, 0.3) is 5.52 Å². The number of carbonyl (C=O) groups is 1. The van der Waals surface area contributed by atoms with E-state index in [1.807, 2.05) is 28.8 Å². The molecule has 20 heavy (non-hydrogen) atoms. The van der Waals surface area contributed by atoms with Crippen LogP contribution in [0.4, 0.5) is 0 Å². The fourth-order valence-corrected chi connectivity index (χ4v) is 3.14. The number of pyridine rings is 1. The first-order chi connectivity index (χ1) is 9.81. The first-order valence-electron chi connectivity index (χ1n) is 7.44. The van der Waals surface area contributed by atoms with E-state index >= 15 is 0 Å². The summed E-state index contributed by atoms with van der Waals surface area (Å²) >= 11 is 0. The molecule has 0 aromatic carbocycles. The van der Waals surface area contributed by atoms with E-state index in [0.717, 1.165) is 30.6 Å². The van der Waals surface area contributed by atoms with Gasteiger partial charge in [-0.25, -0.2) is 4.98 Å². The van der Waals surface area contributed by atoms with Gasteiger partial charge in [-0.15, -0.1) is 0 Å². The van der Waals surface area contributed by atoms with Gasteiger partial charge in [-0.2, -0.15) is 0 Å². The van der Waals surface area contributed by atoms with Gasteiger partial charge in [0.1, 0.15) is 5.82 Å². The minimum absolute atomic E-state index is 0.683. The van der Waals surface area contributed by atoms with Gasteiger partial charge in [0.25, 0.3) is 0 Å². The van der Waals surface area contributed by atoms with E-state index in [9.17, 15) is 4.79 Å². The second kappa shape index (κ2) is 5.75. The molecule has 1 fully saturated rings. The first-order valence-corrected chi connectivity index (χ1v) is 7.44. The molecule has 0 spiro atoms. The molecule has 4 heteroatoms. The molecule has 0 aliphatic carbocycles. The summed E-state index contributed by atoms with van der Waals surface area (Å²) in [5.41, 5.74) is 1.71. The third kappa shape index (κ3) is 2.48. The monoisotopic (exact) mass is 271 g/mol. The highest BCUT2D eigenvalue weighted by atomic mass is 16.1.